The van der Waals surface area contributed by atoms with Crippen molar-refractivity contribution in [2.75, 3.05) is 19.5 Å². The van der Waals surface area contributed by atoms with Crippen molar-refractivity contribution in [3.63, 3.8) is 0 Å². The molecule has 2 amide bonds. The number of rotatable bonds is 5. The first kappa shape index (κ1) is 19.7. The molecule has 1 fully saturated rings. The number of methoxy groups -OCH3 is 2. The molecule has 2 aromatic carbocycles. The lowest BCUT2D eigenvalue weighted by Crippen LogP contribution is -2.43. The van der Waals surface area contributed by atoms with Crippen LogP contribution in [0, 0.1) is 5.82 Å². The molecule has 0 radical (unpaired) electrons. The zero-order valence-corrected chi connectivity index (χ0v) is 16.3. The van der Waals surface area contributed by atoms with Crippen LogP contribution in [-0.4, -0.2) is 42.9 Å². The van der Waals surface area contributed by atoms with Gasteiger partial charge in [0, 0.05) is 17.7 Å². The second-order valence-corrected chi connectivity index (χ2v) is 6.88. The number of amides is 2. The number of likely N-dealkylation sites (tertiary alicyclic amines) is 1. The van der Waals surface area contributed by atoms with Crippen LogP contribution in [0.25, 0.3) is 0 Å². The van der Waals surface area contributed by atoms with Gasteiger partial charge in [-0.1, -0.05) is 6.07 Å². The highest BCUT2D eigenvalue weighted by Crippen LogP contribution is 2.45. The molecule has 4 rings (SSSR count). The number of hydrogen-bond acceptors (Lipinski definition) is 6. The van der Waals surface area contributed by atoms with E-state index >= 15 is 0 Å². The highest BCUT2D eigenvalue weighted by molar-refractivity contribution is 6.01. The van der Waals surface area contributed by atoms with E-state index in [1.54, 1.807) is 18.2 Å². The normalized spacial score (nSPS) is 20.0. The van der Waals surface area contributed by atoms with E-state index in [0.29, 0.717) is 11.3 Å². The van der Waals surface area contributed by atoms with E-state index < -0.39 is 30.0 Å². The molecule has 2 heterocycles. The number of carbonyl (C=O) groups excluding carboxylic acids is 3. The predicted molar refractivity (Wildman–Crippen MR) is 103 cm³/mol. The predicted octanol–water partition coefficient (Wildman–Crippen LogP) is 2.64. The van der Waals surface area contributed by atoms with Crippen molar-refractivity contribution < 1.29 is 33.0 Å². The number of nitrogens with zero attached hydrogens (tertiary/aromatic N) is 1. The topological polar surface area (TPSA) is 94.2 Å². The van der Waals surface area contributed by atoms with Crippen LogP contribution in [-0.2, 0) is 14.3 Å². The molecule has 0 bridgehead atoms. The second kappa shape index (κ2) is 7.66. The number of ether oxygens (including phenoxy) is 3. The van der Waals surface area contributed by atoms with Crippen molar-refractivity contribution in [3.05, 3.63) is 53.3 Å². The smallest absolute Gasteiger partial charge is 0.344 e. The maximum Gasteiger partial charge on any atom is 0.344 e. The Bertz CT molecular complexity index is 1040. The number of anilines is 1. The number of esters is 1. The van der Waals surface area contributed by atoms with E-state index in [0.717, 1.165) is 0 Å². The summed E-state index contributed by atoms with van der Waals surface area (Å²) in [7, 11) is 2.84. The van der Waals surface area contributed by atoms with Gasteiger partial charge in [0.1, 0.15) is 17.4 Å². The van der Waals surface area contributed by atoms with Crippen LogP contribution in [0.1, 0.15) is 35.0 Å². The fraction of sp³-hybridized carbons (Fsp3) is 0.286. The summed E-state index contributed by atoms with van der Waals surface area (Å²) in [5.74, 6) is -1.43. The largest absolute Gasteiger partial charge is 0.493 e. The number of halogens is 1. The van der Waals surface area contributed by atoms with Crippen LogP contribution < -0.4 is 14.8 Å². The molecule has 0 saturated carbocycles. The minimum absolute atomic E-state index is 0.123. The van der Waals surface area contributed by atoms with E-state index in [2.05, 4.69) is 5.32 Å². The first-order valence-corrected chi connectivity index (χ1v) is 9.28. The standard InChI is InChI=1S/C21H19FN2O6/c1-28-15-8-6-13-17(18(15)29-2)21(27)30-20(13)24-14(7-9-16(24)25)19(26)23-12-5-3-4-11(22)10-12/h3-6,8,10,14,20H,7,9H2,1-2H3,(H,23,26)/t14-,20+/m1/s1. The number of benzene rings is 2. The molecule has 2 atom stereocenters. The highest BCUT2D eigenvalue weighted by atomic mass is 19.1. The summed E-state index contributed by atoms with van der Waals surface area (Å²) in [6.07, 6.45) is -0.695. The molecule has 9 heteroatoms. The molecule has 0 aliphatic carbocycles. The van der Waals surface area contributed by atoms with Crippen LogP contribution in [0.5, 0.6) is 11.5 Å². The minimum Gasteiger partial charge on any atom is -0.493 e. The van der Waals surface area contributed by atoms with Gasteiger partial charge in [0.2, 0.25) is 18.0 Å². The first-order valence-electron chi connectivity index (χ1n) is 9.28. The van der Waals surface area contributed by atoms with Crippen molar-refractivity contribution >= 4 is 23.5 Å². The van der Waals surface area contributed by atoms with Crippen molar-refractivity contribution in [1.82, 2.24) is 4.90 Å². The molecule has 0 unspecified atom stereocenters. The summed E-state index contributed by atoms with van der Waals surface area (Å²) in [6, 6.07) is 7.80. The molecule has 1 N–H and O–H groups in total. The summed E-state index contributed by atoms with van der Waals surface area (Å²) < 4.78 is 29.4. The zero-order valence-electron chi connectivity index (χ0n) is 16.3. The Morgan fingerprint density at radius 3 is 2.70 bits per heavy atom. The van der Waals surface area contributed by atoms with E-state index in [1.165, 1.54) is 37.3 Å². The van der Waals surface area contributed by atoms with Gasteiger partial charge in [0.25, 0.3) is 0 Å². The Kier molecular flexibility index (Phi) is 5.03. The monoisotopic (exact) mass is 414 g/mol. The summed E-state index contributed by atoms with van der Waals surface area (Å²) in [6.45, 7) is 0. The third-order valence-electron chi connectivity index (χ3n) is 5.17. The lowest BCUT2D eigenvalue weighted by atomic mass is 10.1. The van der Waals surface area contributed by atoms with Gasteiger partial charge in [-0.05, 0) is 36.8 Å². The summed E-state index contributed by atoms with van der Waals surface area (Å²) in [5, 5.41) is 2.62. The Balaban J connectivity index is 1.65. The lowest BCUT2D eigenvalue weighted by molar-refractivity contribution is -0.144. The van der Waals surface area contributed by atoms with Crippen LogP contribution in [0.4, 0.5) is 10.1 Å². The molecular formula is C21H19FN2O6. The highest BCUT2D eigenvalue weighted by Gasteiger charge is 2.47. The van der Waals surface area contributed by atoms with Gasteiger partial charge in [-0.25, -0.2) is 9.18 Å². The summed E-state index contributed by atoms with van der Waals surface area (Å²) >= 11 is 0. The molecule has 0 aromatic heterocycles. The summed E-state index contributed by atoms with van der Waals surface area (Å²) in [4.78, 5) is 39.3. The Labute approximate surface area is 171 Å². The van der Waals surface area contributed by atoms with E-state index in [4.69, 9.17) is 14.2 Å². The van der Waals surface area contributed by atoms with Gasteiger partial charge in [-0.2, -0.15) is 0 Å². The Morgan fingerprint density at radius 1 is 1.20 bits per heavy atom. The van der Waals surface area contributed by atoms with E-state index in [1.807, 2.05) is 0 Å². The maximum absolute atomic E-state index is 13.4. The first-order chi connectivity index (χ1) is 14.4. The minimum atomic E-state index is -1.06. The van der Waals surface area contributed by atoms with Gasteiger partial charge in [0.15, 0.2) is 11.5 Å². The van der Waals surface area contributed by atoms with Crippen molar-refractivity contribution in [2.24, 2.45) is 0 Å². The fourth-order valence-electron chi connectivity index (χ4n) is 3.83. The summed E-state index contributed by atoms with van der Waals surface area (Å²) in [5.41, 5.74) is 0.844. The van der Waals surface area contributed by atoms with E-state index in [-0.39, 0.29) is 35.7 Å². The zero-order chi connectivity index (χ0) is 21.4. The number of nitrogens with one attached hydrogen (secondary N) is 1. The average molecular weight is 414 g/mol. The molecule has 0 spiro atoms. The van der Waals surface area contributed by atoms with Gasteiger partial charge in [-0.3, -0.25) is 14.5 Å². The third kappa shape index (κ3) is 3.22. The Hall–Kier alpha value is -3.62. The lowest BCUT2D eigenvalue weighted by Gasteiger charge is -2.29. The van der Waals surface area contributed by atoms with E-state index in [9.17, 15) is 18.8 Å². The van der Waals surface area contributed by atoms with Crippen molar-refractivity contribution in [1.29, 1.82) is 0 Å². The quantitative estimate of drug-likeness (QED) is 0.756. The van der Waals surface area contributed by atoms with Crippen LogP contribution in [0.2, 0.25) is 0 Å². The average Bonchev–Trinajstić information content (AvgIpc) is 3.27. The maximum atomic E-state index is 13.4. The fourth-order valence-corrected chi connectivity index (χ4v) is 3.83. The third-order valence-corrected chi connectivity index (χ3v) is 5.17. The van der Waals surface area contributed by atoms with Crippen molar-refractivity contribution in [2.45, 2.75) is 25.1 Å². The molecule has 8 nitrogen and oxygen atoms in total. The SMILES string of the molecule is COc1ccc2c(c1OC)C(=O)O[C@@H]2N1C(=O)CC[C@@H]1C(=O)Nc1cccc(F)c1. The number of carbonyl (C=O) groups is 3. The molecular weight excluding hydrogens is 395 g/mol. The van der Waals surface area contributed by atoms with Gasteiger partial charge in [-0.15, -0.1) is 0 Å². The van der Waals surface area contributed by atoms with Crippen LogP contribution >= 0.6 is 0 Å². The number of hydrogen-bond donors (Lipinski definition) is 1. The van der Waals surface area contributed by atoms with Crippen LogP contribution in [0.3, 0.4) is 0 Å². The molecule has 30 heavy (non-hydrogen) atoms. The van der Waals surface area contributed by atoms with Gasteiger partial charge in [0.05, 0.1) is 14.2 Å². The number of cyclic esters (lactones) is 1. The number of fused-ring (bicyclic) bond motifs is 1. The van der Waals surface area contributed by atoms with Crippen molar-refractivity contribution in [3.8, 4) is 11.5 Å². The van der Waals surface area contributed by atoms with Gasteiger partial charge < -0.3 is 19.5 Å². The molecule has 1 saturated heterocycles. The molecule has 2 aliphatic rings. The Morgan fingerprint density at radius 2 is 2.00 bits per heavy atom. The molecule has 156 valence electrons. The molecule has 2 aliphatic heterocycles. The second-order valence-electron chi connectivity index (χ2n) is 6.88. The van der Waals surface area contributed by atoms with Crippen LogP contribution in [0.15, 0.2) is 36.4 Å². The molecule has 2 aromatic rings. The van der Waals surface area contributed by atoms with Gasteiger partial charge >= 0.3 is 5.97 Å².